The lowest BCUT2D eigenvalue weighted by Crippen LogP contribution is -2.26. The lowest BCUT2D eigenvalue weighted by atomic mass is 9.94. The van der Waals surface area contributed by atoms with E-state index >= 15 is 0 Å². The Balaban J connectivity index is 1.58. The smallest absolute Gasteiger partial charge is 0.119 e. The van der Waals surface area contributed by atoms with Gasteiger partial charge in [0, 0.05) is 10.9 Å². The number of ether oxygens (including phenoxy) is 1. The minimum Gasteiger partial charge on any atom is -0.497 e. The molecule has 112 valence electrons. The number of rotatable bonds is 5. The van der Waals surface area contributed by atoms with Crippen LogP contribution in [0, 0.1) is 0 Å². The van der Waals surface area contributed by atoms with E-state index in [9.17, 15) is 0 Å². The predicted octanol–water partition coefficient (Wildman–Crippen LogP) is 4.73. The zero-order valence-corrected chi connectivity index (χ0v) is 14.6. The van der Waals surface area contributed by atoms with E-state index in [1.807, 2.05) is 17.4 Å². The van der Waals surface area contributed by atoms with Gasteiger partial charge in [-0.15, -0.1) is 11.3 Å². The van der Waals surface area contributed by atoms with Crippen LogP contribution in [0.25, 0.3) is 0 Å². The highest BCUT2D eigenvalue weighted by Gasteiger charge is 2.21. The van der Waals surface area contributed by atoms with Gasteiger partial charge in [-0.1, -0.05) is 12.1 Å². The average Bonchev–Trinajstić information content (AvgIpc) is 2.88. The Kier molecular flexibility index (Phi) is 4.99. The van der Waals surface area contributed by atoms with Crippen molar-refractivity contribution in [1.29, 1.82) is 0 Å². The number of thiophene rings is 1. The largest absolute Gasteiger partial charge is 0.497 e. The average molecular weight is 366 g/mol. The highest BCUT2D eigenvalue weighted by molar-refractivity contribution is 9.11. The summed E-state index contributed by atoms with van der Waals surface area (Å²) in [5.41, 5.74) is 2.83. The Morgan fingerprint density at radius 1 is 1.38 bits per heavy atom. The van der Waals surface area contributed by atoms with E-state index in [0.717, 1.165) is 18.7 Å². The molecule has 0 saturated heterocycles. The third-order valence-corrected chi connectivity index (χ3v) is 5.74. The highest BCUT2D eigenvalue weighted by atomic mass is 79.9. The van der Waals surface area contributed by atoms with Gasteiger partial charge in [0.05, 0.1) is 10.9 Å². The van der Waals surface area contributed by atoms with Crippen LogP contribution in [0.3, 0.4) is 0 Å². The first-order valence-electron chi connectivity index (χ1n) is 7.40. The Morgan fingerprint density at radius 2 is 2.29 bits per heavy atom. The fraction of sp³-hybridized carbons (Fsp3) is 0.412. The van der Waals surface area contributed by atoms with Gasteiger partial charge in [0.1, 0.15) is 5.75 Å². The second kappa shape index (κ2) is 6.95. The van der Waals surface area contributed by atoms with Gasteiger partial charge < -0.3 is 10.1 Å². The van der Waals surface area contributed by atoms with E-state index in [-0.39, 0.29) is 0 Å². The van der Waals surface area contributed by atoms with Crippen molar-refractivity contribution < 1.29 is 4.74 Å². The molecule has 0 radical (unpaired) electrons. The number of hydrogen-bond donors (Lipinski definition) is 1. The molecule has 0 amide bonds. The molecular weight excluding hydrogens is 346 g/mol. The highest BCUT2D eigenvalue weighted by Crippen LogP contribution is 2.37. The van der Waals surface area contributed by atoms with Crippen molar-refractivity contribution >= 4 is 27.3 Å². The summed E-state index contributed by atoms with van der Waals surface area (Å²) in [7, 11) is 1.72. The van der Waals surface area contributed by atoms with Crippen LogP contribution >= 0.6 is 27.3 Å². The number of aryl methyl sites for hydroxylation is 1. The minimum atomic E-state index is 0.516. The fourth-order valence-electron chi connectivity index (χ4n) is 2.95. The normalized spacial score (nSPS) is 17.5. The van der Waals surface area contributed by atoms with Gasteiger partial charge in [-0.3, -0.25) is 0 Å². The number of halogens is 1. The van der Waals surface area contributed by atoms with E-state index in [0.29, 0.717) is 6.04 Å². The topological polar surface area (TPSA) is 21.3 Å². The molecule has 1 aromatic carbocycles. The maximum atomic E-state index is 5.28. The summed E-state index contributed by atoms with van der Waals surface area (Å²) in [5.74, 6) is 0.939. The van der Waals surface area contributed by atoms with Crippen LogP contribution in [-0.4, -0.2) is 13.7 Å². The summed E-state index contributed by atoms with van der Waals surface area (Å²) in [6, 6.07) is 11.1. The van der Waals surface area contributed by atoms with Gasteiger partial charge in [0.25, 0.3) is 0 Å². The molecule has 0 aliphatic heterocycles. The molecule has 1 N–H and O–H groups in total. The summed E-state index contributed by atoms with van der Waals surface area (Å²) >= 11 is 5.51. The summed E-state index contributed by atoms with van der Waals surface area (Å²) in [6.07, 6.45) is 4.80. The molecule has 2 aromatic rings. The standard InChI is InChI=1S/C17H20BrNOS/c1-20-13-5-2-4-12(10-13)8-9-19-15-6-3-7-16-14(15)11-17(18)21-16/h2,4-5,10-11,15,19H,3,6-9H2,1H3. The fourth-order valence-corrected chi connectivity index (χ4v) is 4.77. The molecule has 0 saturated carbocycles. The van der Waals surface area contributed by atoms with Crippen molar-refractivity contribution in [1.82, 2.24) is 5.32 Å². The third kappa shape index (κ3) is 3.68. The van der Waals surface area contributed by atoms with Crippen LogP contribution in [0.2, 0.25) is 0 Å². The number of nitrogens with one attached hydrogen (secondary N) is 1. The number of benzene rings is 1. The van der Waals surface area contributed by atoms with Gasteiger partial charge in [0.2, 0.25) is 0 Å². The summed E-state index contributed by atoms with van der Waals surface area (Å²) in [5, 5.41) is 3.72. The van der Waals surface area contributed by atoms with Crippen molar-refractivity contribution in [2.45, 2.75) is 31.7 Å². The van der Waals surface area contributed by atoms with Gasteiger partial charge in [-0.05, 0) is 77.5 Å². The molecule has 0 bridgehead atoms. The molecule has 1 unspecified atom stereocenters. The predicted molar refractivity (Wildman–Crippen MR) is 92.4 cm³/mol. The zero-order chi connectivity index (χ0) is 14.7. The quantitative estimate of drug-likeness (QED) is 0.826. The van der Waals surface area contributed by atoms with Crippen molar-refractivity contribution in [2.24, 2.45) is 0 Å². The molecular formula is C17H20BrNOS. The second-order valence-electron chi connectivity index (χ2n) is 5.43. The molecule has 2 nitrogen and oxygen atoms in total. The van der Waals surface area contributed by atoms with Crippen molar-refractivity contribution in [2.75, 3.05) is 13.7 Å². The van der Waals surface area contributed by atoms with Crippen LogP contribution in [-0.2, 0) is 12.8 Å². The molecule has 1 aliphatic carbocycles. The van der Waals surface area contributed by atoms with E-state index < -0.39 is 0 Å². The number of methoxy groups -OCH3 is 1. The van der Waals surface area contributed by atoms with Crippen LogP contribution in [0.1, 0.15) is 34.9 Å². The Hall–Kier alpha value is -0.840. The van der Waals surface area contributed by atoms with Crippen LogP contribution in [0.15, 0.2) is 34.1 Å². The summed E-state index contributed by atoms with van der Waals surface area (Å²) in [4.78, 5) is 1.55. The van der Waals surface area contributed by atoms with Gasteiger partial charge in [-0.25, -0.2) is 0 Å². The first kappa shape index (κ1) is 15.1. The molecule has 0 spiro atoms. The maximum Gasteiger partial charge on any atom is 0.119 e. The first-order chi connectivity index (χ1) is 10.3. The van der Waals surface area contributed by atoms with Crippen molar-refractivity contribution in [3.63, 3.8) is 0 Å². The Bertz CT molecular complexity index is 611. The van der Waals surface area contributed by atoms with E-state index in [1.165, 1.54) is 34.2 Å². The molecule has 3 rings (SSSR count). The SMILES string of the molecule is COc1cccc(CCNC2CCCc3sc(Br)cc32)c1. The molecule has 21 heavy (non-hydrogen) atoms. The third-order valence-electron chi connectivity index (χ3n) is 4.02. The lowest BCUT2D eigenvalue weighted by Gasteiger charge is -2.23. The van der Waals surface area contributed by atoms with Gasteiger partial charge >= 0.3 is 0 Å². The van der Waals surface area contributed by atoms with Crippen LogP contribution in [0.5, 0.6) is 5.75 Å². The van der Waals surface area contributed by atoms with E-state index in [4.69, 9.17) is 4.74 Å². The molecule has 1 aliphatic rings. The summed E-state index contributed by atoms with van der Waals surface area (Å²) in [6.45, 7) is 1.00. The zero-order valence-electron chi connectivity index (χ0n) is 12.2. The van der Waals surface area contributed by atoms with E-state index in [2.05, 4.69) is 45.5 Å². The molecule has 0 fully saturated rings. The van der Waals surface area contributed by atoms with Crippen LogP contribution in [0.4, 0.5) is 0 Å². The number of hydrogen-bond acceptors (Lipinski definition) is 3. The van der Waals surface area contributed by atoms with Crippen LogP contribution < -0.4 is 10.1 Å². The maximum absolute atomic E-state index is 5.28. The molecule has 1 heterocycles. The number of fused-ring (bicyclic) bond motifs is 1. The van der Waals surface area contributed by atoms with Gasteiger partial charge in [-0.2, -0.15) is 0 Å². The Labute approximate surface area is 138 Å². The minimum absolute atomic E-state index is 0.516. The summed E-state index contributed by atoms with van der Waals surface area (Å²) < 4.78 is 6.53. The molecule has 1 aromatic heterocycles. The van der Waals surface area contributed by atoms with Crippen molar-refractivity contribution in [3.05, 3.63) is 50.1 Å². The Morgan fingerprint density at radius 3 is 3.14 bits per heavy atom. The lowest BCUT2D eigenvalue weighted by molar-refractivity contribution is 0.414. The molecule has 4 heteroatoms. The second-order valence-corrected chi connectivity index (χ2v) is 7.95. The molecule has 1 atom stereocenters. The van der Waals surface area contributed by atoms with E-state index in [1.54, 1.807) is 12.0 Å². The monoisotopic (exact) mass is 365 g/mol. The first-order valence-corrected chi connectivity index (χ1v) is 9.01. The van der Waals surface area contributed by atoms with Gasteiger partial charge in [0.15, 0.2) is 0 Å². The van der Waals surface area contributed by atoms with Crippen molar-refractivity contribution in [3.8, 4) is 5.75 Å².